The van der Waals surface area contributed by atoms with Crippen molar-refractivity contribution in [2.75, 3.05) is 18.9 Å². The summed E-state index contributed by atoms with van der Waals surface area (Å²) in [5.74, 6) is 0.730. The number of hydrogen-bond acceptors (Lipinski definition) is 6. The first-order valence-corrected chi connectivity index (χ1v) is 8.33. The highest BCUT2D eigenvalue weighted by atomic mass is 16.2. The molecule has 1 atom stereocenters. The Balaban J connectivity index is 1.56. The molecule has 25 heavy (non-hydrogen) atoms. The van der Waals surface area contributed by atoms with Gasteiger partial charge in [0, 0.05) is 13.6 Å². The number of fused-ring (bicyclic) bond motifs is 1. The van der Waals surface area contributed by atoms with Gasteiger partial charge in [-0.15, -0.1) is 5.10 Å². The van der Waals surface area contributed by atoms with Crippen LogP contribution in [-0.2, 0) is 11.3 Å². The molecule has 0 saturated carbocycles. The molecule has 2 aromatic heterocycles. The highest BCUT2D eigenvalue weighted by Crippen LogP contribution is 2.31. The third kappa shape index (κ3) is 2.90. The van der Waals surface area contributed by atoms with Crippen LogP contribution in [0.5, 0.6) is 0 Å². The molecule has 1 aliphatic rings. The van der Waals surface area contributed by atoms with Gasteiger partial charge in [0.25, 0.3) is 0 Å². The van der Waals surface area contributed by atoms with Crippen molar-refractivity contribution in [3.05, 3.63) is 42.4 Å². The van der Waals surface area contributed by atoms with Gasteiger partial charge >= 0.3 is 0 Å². The van der Waals surface area contributed by atoms with Gasteiger partial charge in [-0.25, -0.2) is 9.67 Å². The number of para-hydroxylation sites is 1. The minimum atomic E-state index is -0.0388. The highest BCUT2D eigenvalue weighted by molar-refractivity contribution is 5.80. The molecule has 0 bridgehead atoms. The molecule has 3 aromatic rings. The summed E-state index contributed by atoms with van der Waals surface area (Å²) in [7, 11) is 1.81. The molecule has 0 unspecified atom stereocenters. The average molecular weight is 337 g/mol. The molecular weight excluding hydrogens is 318 g/mol. The SMILES string of the molecule is CNc1cncc([C@@H]2CCCN2C(=O)Cn2nnc3ccccc32)n1. The molecule has 1 saturated heterocycles. The Kier molecular flexibility index (Phi) is 4.01. The molecule has 3 heterocycles. The minimum Gasteiger partial charge on any atom is -0.372 e. The van der Waals surface area contributed by atoms with Crippen molar-refractivity contribution in [3.8, 4) is 0 Å². The third-order valence-corrected chi connectivity index (χ3v) is 4.53. The van der Waals surface area contributed by atoms with Crippen LogP contribution in [0.25, 0.3) is 11.0 Å². The van der Waals surface area contributed by atoms with Gasteiger partial charge in [-0.2, -0.15) is 0 Å². The quantitative estimate of drug-likeness (QED) is 0.778. The summed E-state index contributed by atoms with van der Waals surface area (Å²) in [5, 5.41) is 11.2. The van der Waals surface area contributed by atoms with Gasteiger partial charge in [0.2, 0.25) is 5.91 Å². The number of hydrogen-bond donors (Lipinski definition) is 1. The Hall–Kier alpha value is -3.03. The number of rotatable bonds is 4. The van der Waals surface area contributed by atoms with E-state index in [1.165, 1.54) is 0 Å². The molecule has 128 valence electrons. The number of carbonyl (C=O) groups is 1. The fourth-order valence-electron chi connectivity index (χ4n) is 3.29. The topological polar surface area (TPSA) is 88.8 Å². The van der Waals surface area contributed by atoms with Crippen LogP contribution in [0, 0.1) is 0 Å². The fourth-order valence-corrected chi connectivity index (χ4v) is 3.29. The number of nitrogens with zero attached hydrogens (tertiary/aromatic N) is 6. The molecule has 0 radical (unpaired) electrons. The summed E-state index contributed by atoms with van der Waals surface area (Å²) in [6.07, 6.45) is 5.26. The molecule has 1 aromatic carbocycles. The van der Waals surface area contributed by atoms with Gasteiger partial charge in [-0.1, -0.05) is 17.3 Å². The second-order valence-corrected chi connectivity index (χ2v) is 6.06. The second-order valence-electron chi connectivity index (χ2n) is 6.06. The lowest BCUT2D eigenvalue weighted by Crippen LogP contribution is -2.34. The Bertz CT molecular complexity index is 907. The predicted molar refractivity (Wildman–Crippen MR) is 92.8 cm³/mol. The van der Waals surface area contributed by atoms with Crippen molar-refractivity contribution in [2.45, 2.75) is 25.4 Å². The molecule has 1 aliphatic heterocycles. The van der Waals surface area contributed by atoms with E-state index in [2.05, 4.69) is 25.6 Å². The summed E-state index contributed by atoms with van der Waals surface area (Å²) < 4.78 is 1.66. The molecule has 0 spiro atoms. The molecule has 4 rings (SSSR count). The number of anilines is 1. The normalized spacial score (nSPS) is 17.2. The van der Waals surface area contributed by atoms with Gasteiger partial charge in [0.1, 0.15) is 17.9 Å². The van der Waals surface area contributed by atoms with E-state index in [1.807, 2.05) is 29.2 Å². The van der Waals surface area contributed by atoms with Crippen LogP contribution >= 0.6 is 0 Å². The molecule has 1 N–H and O–H groups in total. The van der Waals surface area contributed by atoms with Gasteiger partial charge in [-0.05, 0) is 25.0 Å². The summed E-state index contributed by atoms with van der Waals surface area (Å²) in [6.45, 7) is 0.901. The van der Waals surface area contributed by atoms with Crippen LogP contribution in [0.2, 0.25) is 0 Å². The third-order valence-electron chi connectivity index (χ3n) is 4.53. The van der Waals surface area contributed by atoms with Crippen molar-refractivity contribution in [3.63, 3.8) is 0 Å². The van der Waals surface area contributed by atoms with E-state index in [4.69, 9.17) is 0 Å². The van der Waals surface area contributed by atoms with Crippen LogP contribution in [0.1, 0.15) is 24.6 Å². The van der Waals surface area contributed by atoms with Crippen LogP contribution in [0.15, 0.2) is 36.7 Å². The maximum atomic E-state index is 12.9. The standard InChI is InChI=1S/C17H19N7O/c1-18-16-10-19-9-13(20-16)14-7-4-8-23(14)17(25)11-24-15-6-3-2-5-12(15)21-22-24/h2-3,5-6,9-10,14H,4,7-8,11H2,1H3,(H,18,20)/t14-/m0/s1. The zero-order valence-electron chi connectivity index (χ0n) is 14.0. The molecule has 1 amide bonds. The highest BCUT2D eigenvalue weighted by Gasteiger charge is 2.31. The number of aromatic nitrogens is 5. The predicted octanol–water partition coefficient (Wildman–Crippen LogP) is 1.63. The first-order valence-electron chi connectivity index (χ1n) is 8.33. The van der Waals surface area contributed by atoms with E-state index < -0.39 is 0 Å². The monoisotopic (exact) mass is 337 g/mol. The summed E-state index contributed by atoms with van der Waals surface area (Å²) in [6, 6.07) is 7.60. The molecular formula is C17H19N7O. The minimum absolute atomic E-state index is 0.0230. The summed E-state index contributed by atoms with van der Waals surface area (Å²) >= 11 is 0. The number of amides is 1. The number of likely N-dealkylation sites (tertiary alicyclic amines) is 1. The van der Waals surface area contributed by atoms with Crippen LogP contribution < -0.4 is 5.32 Å². The Morgan fingerprint density at radius 1 is 1.32 bits per heavy atom. The first kappa shape index (κ1) is 15.5. The molecule has 1 fully saturated rings. The second kappa shape index (κ2) is 6.46. The van der Waals surface area contributed by atoms with Crippen molar-refractivity contribution >= 4 is 22.8 Å². The van der Waals surface area contributed by atoms with E-state index in [0.29, 0.717) is 5.82 Å². The summed E-state index contributed by atoms with van der Waals surface area (Å²) in [4.78, 5) is 23.5. The number of nitrogens with one attached hydrogen (secondary N) is 1. The van der Waals surface area contributed by atoms with E-state index in [-0.39, 0.29) is 18.5 Å². The fraction of sp³-hybridized carbons (Fsp3) is 0.353. The van der Waals surface area contributed by atoms with Crippen molar-refractivity contribution in [2.24, 2.45) is 0 Å². The zero-order valence-corrected chi connectivity index (χ0v) is 14.0. The van der Waals surface area contributed by atoms with Crippen LogP contribution in [0.4, 0.5) is 5.82 Å². The van der Waals surface area contributed by atoms with Gasteiger partial charge in [0.05, 0.1) is 29.6 Å². The lowest BCUT2D eigenvalue weighted by Gasteiger charge is -2.24. The lowest BCUT2D eigenvalue weighted by atomic mass is 10.1. The smallest absolute Gasteiger partial charge is 0.244 e. The Morgan fingerprint density at radius 3 is 3.08 bits per heavy atom. The van der Waals surface area contributed by atoms with Crippen molar-refractivity contribution in [1.82, 2.24) is 29.9 Å². The molecule has 8 heteroatoms. The van der Waals surface area contributed by atoms with Crippen molar-refractivity contribution < 1.29 is 4.79 Å². The zero-order chi connectivity index (χ0) is 17.2. The average Bonchev–Trinajstić information content (AvgIpc) is 3.29. The maximum absolute atomic E-state index is 12.9. The summed E-state index contributed by atoms with van der Waals surface area (Å²) in [5.41, 5.74) is 2.48. The van der Waals surface area contributed by atoms with E-state index in [0.717, 1.165) is 36.1 Å². The van der Waals surface area contributed by atoms with E-state index in [1.54, 1.807) is 24.1 Å². The number of carbonyl (C=O) groups excluding carboxylic acids is 1. The van der Waals surface area contributed by atoms with E-state index in [9.17, 15) is 4.79 Å². The largest absolute Gasteiger partial charge is 0.372 e. The van der Waals surface area contributed by atoms with Gasteiger partial charge < -0.3 is 10.2 Å². The molecule has 0 aliphatic carbocycles. The maximum Gasteiger partial charge on any atom is 0.244 e. The number of benzene rings is 1. The van der Waals surface area contributed by atoms with E-state index >= 15 is 0 Å². The Labute approximate surface area is 144 Å². The Morgan fingerprint density at radius 2 is 2.20 bits per heavy atom. The van der Waals surface area contributed by atoms with Crippen LogP contribution in [-0.4, -0.2) is 49.4 Å². The first-order chi connectivity index (χ1) is 12.3. The molecule has 8 nitrogen and oxygen atoms in total. The van der Waals surface area contributed by atoms with Crippen molar-refractivity contribution in [1.29, 1.82) is 0 Å². The lowest BCUT2D eigenvalue weighted by molar-refractivity contribution is -0.133. The van der Waals surface area contributed by atoms with Gasteiger partial charge in [-0.3, -0.25) is 9.78 Å². The van der Waals surface area contributed by atoms with Crippen LogP contribution in [0.3, 0.4) is 0 Å². The van der Waals surface area contributed by atoms with Gasteiger partial charge in [0.15, 0.2) is 0 Å².